The molecule has 0 saturated heterocycles. The van der Waals surface area contributed by atoms with Gasteiger partial charge in [-0.05, 0) is 12.5 Å². The molecule has 2 rings (SSSR count). The smallest absolute Gasteiger partial charge is 0.263 e. The van der Waals surface area contributed by atoms with Crippen molar-refractivity contribution in [2.75, 3.05) is 6.54 Å². The van der Waals surface area contributed by atoms with Crippen LogP contribution in [-0.4, -0.2) is 34.3 Å². The minimum absolute atomic E-state index is 0.171. The van der Waals surface area contributed by atoms with E-state index in [4.69, 9.17) is 5.73 Å². The van der Waals surface area contributed by atoms with Crippen LogP contribution in [0, 0.1) is 0 Å². The molecule has 5 nitrogen and oxygen atoms in total. The number of pyridine rings is 1. The summed E-state index contributed by atoms with van der Waals surface area (Å²) in [6.07, 6.45) is 3.66. The molecule has 0 aliphatic carbocycles. The highest BCUT2D eigenvalue weighted by molar-refractivity contribution is 6.21. The van der Waals surface area contributed by atoms with Gasteiger partial charge in [0.2, 0.25) is 0 Å². The molecule has 0 saturated carbocycles. The third-order valence-corrected chi connectivity index (χ3v) is 2.71. The lowest BCUT2D eigenvalue weighted by Gasteiger charge is -2.17. The maximum Gasteiger partial charge on any atom is 0.263 e. The number of hydrogen-bond acceptors (Lipinski definition) is 4. The first-order valence-electron chi connectivity index (χ1n) is 5.21. The Hall–Kier alpha value is -1.75. The Morgan fingerprint density at radius 2 is 2.06 bits per heavy atom. The molecule has 0 fully saturated rings. The van der Waals surface area contributed by atoms with Gasteiger partial charge in [0.05, 0.1) is 11.1 Å². The Morgan fingerprint density at radius 3 is 2.69 bits per heavy atom. The van der Waals surface area contributed by atoms with Crippen LogP contribution >= 0.6 is 0 Å². The van der Waals surface area contributed by atoms with Crippen LogP contribution in [0.5, 0.6) is 0 Å². The lowest BCUT2D eigenvalue weighted by Crippen LogP contribution is -2.40. The van der Waals surface area contributed by atoms with Crippen LogP contribution in [0.15, 0.2) is 18.5 Å². The molecule has 84 valence electrons. The number of hydrogen-bond donors (Lipinski definition) is 1. The summed E-state index contributed by atoms with van der Waals surface area (Å²) in [7, 11) is 0. The van der Waals surface area contributed by atoms with Crippen molar-refractivity contribution in [1.29, 1.82) is 0 Å². The van der Waals surface area contributed by atoms with Gasteiger partial charge >= 0.3 is 0 Å². The molecule has 2 heterocycles. The molecule has 1 aromatic heterocycles. The predicted octanol–water partition coefficient (Wildman–Crippen LogP) is 0.415. The van der Waals surface area contributed by atoms with Crippen LogP contribution in [0.25, 0.3) is 0 Å². The van der Waals surface area contributed by atoms with E-state index in [1.807, 2.05) is 6.92 Å². The zero-order chi connectivity index (χ0) is 11.7. The van der Waals surface area contributed by atoms with Gasteiger partial charge in [-0.2, -0.15) is 0 Å². The van der Waals surface area contributed by atoms with Gasteiger partial charge in [-0.3, -0.25) is 19.5 Å². The van der Waals surface area contributed by atoms with E-state index in [-0.39, 0.29) is 24.4 Å². The van der Waals surface area contributed by atoms with Gasteiger partial charge in [-0.15, -0.1) is 0 Å². The van der Waals surface area contributed by atoms with E-state index in [1.165, 1.54) is 17.3 Å². The third kappa shape index (κ3) is 1.59. The average molecular weight is 219 g/mol. The molecule has 1 aliphatic rings. The number of imide groups is 1. The quantitative estimate of drug-likeness (QED) is 0.747. The van der Waals surface area contributed by atoms with Crippen LogP contribution in [0.1, 0.15) is 34.1 Å². The summed E-state index contributed by atoms with van der Waals surface area (Å²) in [6, 6.07) is 1.39. The number of nitrogens with two attached hydrogens (primary N) is 1. The van der Waals surface area contributed by atoms with Crippen molar-refractivity contribution >= 4 is 11.8 Å². The summed E-state index contributed by atoms with van der Waals surface area (Å²) >= 11 is 0. The summed E-state index contributed by atoms with van der Waals surface area (Å²) in [6.45, 7) is 2.19. The van der Waals surface area contributed by atoms with E-state index in [0.29, 0.717) is 11.1 Å². The molecule has 1 unspecified atom stereocenters. The number of carbonyl (C=O) groups is 2. The topological polar surface area (TPSA) is 76.3 Å². The van der Waals surface area contributed by atoms with Gasteiger partial charge in [0.15, 0.2) is 0 Å². The maximum atomic E-state index is 11.9. The minimum atomic E-state index is -0.294. The third-order valence-electron chi connectivity index (χ3n) is 2.71. The van der Waals surface area contributed by atoms with Crippen molar-refractivity contribution < 1.29 is 9.59 Å². The fourth-order valence-corrected chi connectivity index (χ4v) is 1.66. The summed E-state index contributed by atoms with van der Waals surface area (Å²) in [5.74, 6) is -0.566. The normalized spacial score (nSPS) is 16.5. The van der Waals surface area contributed by atoms with Gasteiger partial charge in [0.1, 0.15) is 0 Å². The molecule has 0 aromatic carbocycles. The zero-order valence-electron chi connectivity index (χ0n) is 9.01. The van der Waals surface area contributed by atoms with E-state index in [0.717, 1.165) is 6.42 Å². The number of rotatable bonds is 3. The summed E-state index contributed by atoms with van der Waals surface area (Å²) in [5, 5.41) is 0. The molecule has 0 spiro atoms. The van der Waals surface area contributed by atoms with E-state index in [9.17, 15) is 9.59 Å². The van der Waals surface area contributed by atoms with E-state index < -0.39 is 0 Å². The van der Waals surface area contributed by atoms with Crippen LogP contribution in [0.2, 0.25) is 0 Å². The summed E-state index contributed by atoms with van der Waals surface area (Å²) in [4.78, 5) is 28.8. The molecule has 1 atom stereocenters. The van der Waals surface area contributed by atoms with Crippen LogP contribution in [0.4, 0.5) is 0 Å². The van der Waals surface area contributed by atoms with Crippen molar-refractivity contribution in [2.24, 2.45) is 5.73 Å². The highest BCUT2D eigenvalue weighted by atomic mass is 16.2. The molecule has 5 heteroatoms. The van der Waals surface area contributed by atoms with Crippen molar-refractivity contribution in [3.8, 4) is 0 Å². The van der Waals surface area contributed by atoms with Gasteiger partial charge < -0.3 is 5.73 Å². The highest BCUT2D eigenvalue weighted by Crippen LogP contribution is 2.21. The second-order valence-corrected chi connectivity index (χ2v) is 3.81. The Balaban J connectivity index is 2.28. The molecule has 16 heavy (non-hydrogen) atoms. The van der Waals surface area contributed by atoms with Crippen LogP contribution in [0.3, 0.4) is 0 Å². The molecule has 2 amide bonds. The van der Waals surface area contributed by atoms with E-state index in [1.54, 1.807) is 6.07 Å². The lowest BCUT2D eigenvalue weighted by molar-refractivity contribution is 0.0644. The van der Waals surface area contributed by atoms with Crippen molar-refractivity contribution in [3.63, 3.8) is 0 Å². The largest absolute Gasteiger partial charge is 0.326 e. The molecule has 0 radical (unpaired) electrons. The Bertz CT molecular complexity index is 410. The fraction of sp³-hybridized carbons (Fsp3) is 0.364. The Morgan fingerprint density at radius 1 is 1.38 bits per heavy atom. The Kier molecular flexibility index (Phi) is 2.70. The average Bonchev–Trinajstić information content (AvgIpc) is 2.55. The maximum absolute atomic E-state index is 11.9. The SMILES string of the molecule is CCC(N)CN1C(=O)c2ccncc2C1=O. The van der Waals surface area contributed by atoms with E-state index >= 15 is 0 Å². The van der Waals surface area contributed by atoms with Gasteiger partial charge in [0, 0.05) is 25.0 Å². The zero-order valence-corrected chi connectivity index (χ0v) is 9.01. The first-order chi connectivity index (χ1) is 7.65. The molecule has 1 aliphatic heterocycles. The summed E-state index contributed by atoms with van der Waals surface area (Å²) in [5.41, 5.74) is 6.54. The first kappa shape index (κ1) is 10.8. The van der Waals surface area contributed by atoms with Gasteiger partial charge in [0.25, 0.3) is 11.8 Å². The molecular formula is C11H13N3O2. The van der Waals surface area contributed by atoms with Gasteiger partial charge in [-0.1, -0.05) is 6.92 Å². The standard InChI is InChI=1S/C11H13N3O2/c1-2-7(12)6-14-10(15)8-3-4-13-5-9(8)11(14)16/h3-5,7H,2,6,12H2,1H3. The van der Waals surface area contributed by atoms with Crippen LogP contribution in [-0.2, 0) is 0 Å². The number of nitrogens with zero attached hydrogens (tertiary/aromatic N) is 2. The summed E-state index contributed by atoms with van der Waals surface area (Å²) < 4.78 is 0. The minimum Gasteiger partial charge on any atom is -0.326 e. The van der Waals surface area contributed by atoms with Crippen LogP contribution < -0.4 is 5.73 Å². The van der Waals surface area contributed by atoms with Crippen molar-refractivity contribution in [1.82, 2.24) is 9.88 Å². The monoisotopic (exact) mass is 219 g/mol. The molecule has 2 N–H and O–H groups in total. The lowest BCUT2D eigenvalue weighted by atomic mass is 10.2. The molecule has 1 aromatic rings. The molecular weight excluding hydrogens is 206 g/mol. The van der Waals surface area contributed by atoms with Gasteiger partial charge in [-0.25, -0.2) is 0 Å². The number of carbonyl (C=O) groups excluding carboxylic acids is 2. The highest BCUT2D eigenvalue weighted by Gasteiger charge is 2.35. The Labute approximate surface area is 93.3 Å². The second-order valence-electron chi connectivity index (χ2n) is 3.81. The first-order valence-corrected chi connectivity index (χ1v) is 5.21. The number of aromatic nitrogens is 1. The van der Waals surface area contributed by atoms with E-state index in [2.05, 4.69) is 4.98 Å². The second kappa shape index (κ2) is 4.02. The predicted molar refractivity (Wildman–Crippen MR) is 57.9 cm³/mol. The van der Waals surface area contributed by atoms with Crippen molar-refractivity contribution in [2.45, 2.75) is 19.4 Å². The molecule has 0 bridgehead atoms. The number of amides is 2. The number of fused-ring (bicyclic) bond motifs is 1. The fourth-order valence-electron chi connectivity index (χ4n) is 1.66. The van der Waals surface area contributed by atoms with Crippen molar-refractivity contribution in [3.05, 3.63) is 29.6 Å².